The van der Waals surface area contributed by atoms with Crippen molar-refractivity contribution in [1.29, 1.82) is 0 Å². The van der Waals surface area contributed by atoms with Gasteiger partial charge in [0.25, 0.3) is 11.6 Å². The lowest BCUT2D eigenvalue weighted by Crippen LogP contribution is -2.26. The maximum Gasteiger partial charge on any atom is 0.338 e. The van der Waals surface area contributed by atoms with Gasteiger partial charge < -0.3 is 9.64 Å². The summed E-state index contributed by atoms with van der Waals surface area (Å²) in [5.74, 6) is -1.15. The molecule has 0 aromatic heterocycles. The van der Waals surface area contributed by atoms with Crippen molar-refractivity contribution >= 4 is 17.6 Å². The predicted octanol–water partition coefficient (Wildman–Crippen LogP) is 3.22. The lowest BCUT2D eigenvalue weighted by molar-refractivity contribution is -0.384. The van der Waals surface area contributed by atoms with E-state index in [1.54, 1.807) is 7.05 Å². The minimum Gasteiger partial charge on any atom is -0.465 e. The normalized spacial score (nSPS) is 10.3. The summed E-state index contributed by atoms with van der Waals surface area (Å²) < 4.78 is 4.60. The number of nitro benzene ring substituents is 1. The Morgan fingerprint density at radius 3 is 2.19 bits per heavy atom. The van der Waals surface area contributed by atoms with E-state index in [2.05, 4.69) is 11.7 Å². The second kappa shape index (κ2) is 8.24. The Kier molecular flexibility index (Phi) is 6.06. The van der Waals surface area contributed by atoms with Crippen molar-refractivity contribution < 1.29 is 19.2 Å². The summed E-state index contributed by atoms with van der Waals surface area (Å²) in [4.78, 5) is 36.3. The largest absolute Gasteiger partial charge is 0.465 e. The Balaban J connectivity index is 2.27. The van der Waals surface area contributed by atoms with E-state index in [0.717, 1.165) is 24.1 Å². The van der Waals surface area contributed by atoms with Gasteiger partial charge in [-0.15, -0.1) is 0 Å². The van der Waals surface area contributed by atoms with Crippen LogP contribution < -0.4 is 0 Å². The van der Waals surface area contributed by atoms with Crippen molar-refractivity contribution in [3.05, 3.63) is 74.8 Å². The fraction of sp³-hybridized carbons (Fsp3) is 0.263. The fourth-order valence-electron chi connectivity index (χ4n) is 2.52. The lowest BCUT2D eigenvalue weighted by Gasteiger charge is -2.18. The van der Waals surface area contributed by atoms with Gasteiger partial charge >= 0.3 is 5.97 Å². The number of rotatable bonds is 6. The lowest BCUT2D eigenvalue weighted by atomic mass is 10.1. The summed E-state index contributed by atoms with van der Waals surface area (Å²) in [6, 6.07) is 11.4. The Hall–Kier alpha value is -3.22. The molecule has 2 aromatic rings. The Morgan fingerprint density at radius 2 is 1.65 bits per heavy atom. The molecule has 7 nitrogen and oxygen atoms in total. The molecule has 0 spiro atoms. The third-order valence-corrected chi connectivity index (χ3v) is 3.99. The monoisotopic (exact) mass is 356 g/mol. The Bertz CT molecular complexity index is 830. The summed E-state index contributed by atoms with van der Waals surface area (Å²) in [7, 11) is 2.78. The molecule has 26 heavy (non-hydrogen) atoms. The van der Waals surface area contributed by atoms with E-state index >= 15 is 0 Å². The highest BCUT2D eigenvalue weighted by molar-refractivity contribution is 5.98. The minimum atomic E-state index is -0.736. The van der Waals surface area contributed by atoms with Crippen molar-refractivity contribution in [3.63, 3.8) is 0 Å². The summed E-state index contributed by atoms with van der Waals surface area (Å²) in [6.45, 7) is 2.41. The minimum absolute atomic E-state index is 0.0363. The third-order valence-electron chi connectivity index (χ3n) is 3.99. The van der Waals surface area contributed by atoms with Gasteiger partial charge in [0.1, 0.15) is 0 Å². The quantitative estimate of drug-likeness (QED) is 0.450. The number of benzene rings is 2. The number of ether oxygens (including phenoxy) is 1. The molecule has 0 unspecified atom stereocenters. The number of hydrogen-bond donors (Lipinski definition) is 0. The number of carbonyl (C=O) groups excluding carboxylic acids is 2. The number of nitro groups is 1. The molecule has 136 valence electrons. The Morgan fingerprint density at radius 1 is 1.08 bits per heavy atom. The highest BCUT2D eigenvalue weighted by Gasteiger charge is 2.20. The molecule has 0 saturated carbocycles. The van der Waals surface area contributed by atoms with Crippen LogP contribution in [0.5, 0.6) is 0 Å². The fourth-order valence-corrected chi connectivity index (χ4v) is 2.52. The highest BCUT2D eigenvalue weighted by atomic mass is 16.6. The van der Waals surface area contributed by atoms with Crippen LogP contribution in [0.4, 0.5) is 5.69 Å². The van der Waals surface area contributed by atoms with Gasteiger partial charge in [0.15, 0.2) is 0 Å². The first-order valence-corrected chi connectivity index (χ1v) is 8.06. The molecule has 0 bridgehead atoms. The maximum absolute atomic E-state index is 12.7. The second-order valence-corrected chi connectivity index (χ2v) is 5.85. The molecule has 2 aromatic carbocycles. The zero-order valence-corrected chi connectivity index (χ0v) is 14.9. The number of aryl methyl sites for hydroxylation is 1. The molecule has 0 radical (unpaired) electrons. The molecular weight excluding hydrogens is 336 g/mol. The molecule has 0 atom stereocenters. The van der Waals surface area contributed by atoms with Gasteiger partial charge in [-0.2, -0.15) is 0 Å². The van der Waals surface area contributed by atoms with E-state index in [-0.39, 0.29) is 16.8 Å². The van der Waals surface area contributed by atoms with Gasteiger partial charge in [-0.3, -0.25) is 14.9 Å². The molecule has 0 N–H and O–H groups in total. The number of nitrogens with zero attached hydrogens (tertiary/aromatic N) is 2. The molecule has 0 aliphatic heterocycles. The van der Waals surface area contributed by atoms with Gasteiger partial charge in [-0.1, -0.05) is 31.2 Å². The van der Waals surface area contributed by atoms with Gasteiger partial charge in [-0.25, -0.2) is 4.79 Å². The first kappa shape index (κ1) is 19.1. The van der Waals surface area contributed by atoms with E-state index < -0.39 is 16.8 Å². The van der Waals surface area contributed by atoms with Gasteiger partial charge in [0, 0.05) is 31.3 Å². The number of hydrogen-bond acceptors (Lipinski definition) is 5. The van der Waals surface area contributed by atoms with E-state index in [1.165, 1.54) is 23.6 Å². The van der Waals surface area contributed by atoms with Crippen LogP contribution in [0, 0.1) is 10.1 Å². The topological polar surface area (TPSA) is 89.8 Å². The van der Waals surface area contributed by atoms with Crippen LogP contribution in [0.2, 0.25) is 0 Å². The number of carbonyl (C=O) groups is 2. The number of methoxy groups -OCH3 is 1. The van der Waals surface area contributed by atoms with Crippen molar-refractivity contribution in [2.24, 2.45) is 0 Å². The average Bonchev–Trinajstić information content (AvgIpc) is 2.66. The summed E-state index contributed by atoms with van der Waals surface area (Å²) in [5.41, 5.74) is 1.83. The van der Waals surface area contributed by atoms with Crippen LogP contribution in [-0.2, 0) is 17.7 Å². The van der Waals surface area contributed by atoms with Gasteiger partial charge in [-0.05, 0) is 23.6 Å². The third kappa shape index (κ3) is 4.44. The zero-order valence-electron chi connectivity index (χ0n) is 14.9. The molecule has 0 aliphatic rings. The first-order chi connectivity index (χ1) is 12.3. The molecule has 2 rings (SSSR count). The molecule has 7 heteroatoms. The van der Waals surface area contributed by atoms with Crippen LogP contribution in [0.3, 0.4) is 0 Å². The zero-order chi connectivity index (χ0) is 19.3. The van der Waals surface area contributed by atoms with E-state index in [0.29, 0.717) is 6.54 Å². The van der Waals surface area contributed by atoms with Crippen LogP contribution in [-0.4, -0.2) is 35.9 Å². The molecule has 0 aliphatic carbocycles. The number of esters is 1. The standard InChI is InChI=1S/C19H20N2O5/c1-4-13-5-7-14(8-6-13)12-20(2)18(22)15-9-16(19(23)26-3)11-17(10-15)21(24)25/h5-11H,4,12H2,1-3H3. The van der Waals surface area contributed by atoms with Crippen LogP contribution in [0.15, 0.2) is 42.5 Å². The molecular formula is C19H20N2O5. The van der Waals surface area contributed by atoms with Crippen molar-refractivity contribution in [2.75, 3.05) is 14.2 Å². The predicted molar refractivity (Wildman–Crippen MR) is 96.1 cm³/mol. The highest BCUT2D eigenvalue weighted by Crippen LogP contribution is 2.20. The summed E-state index contributed by atoms with van der Waals surface area (Å²) in [6.07, 6.45) is 0.930. The number of non-ortho nitro benzene ring substituents is 1. The van der Waals surface area contributed by atoms with Crippen molar-refractivity contribution in [2.45, 2.75) is 19.9 Å². The maximum atomic E-state index is 12.7. The smallest absolute Gasteiger partial charge is 0.338 e. The van der Waals surface area contributed by atoms with Gasteiger partial charge in [0.05, 0.1) is 17.6 Å². The van der Waals surface area contributed by atoms with Crippen molar-refractivity contribution in [3.8, 4) is 0 Å². The first-order valence-electron chi connectivity index (χ1n) is 8.06. The van der Waals surface area contributed by atoms with Crippen LogP contribution >= 0.6 is 0 Å². The van der Waals surface area contributed by atoms with E-state index in [4.69, 9.17) is 0 Å². The molecule has 0 fully saturated rings. The second-order valence-electron chi connectivity index (χ2n) is 5.85. The number of amides is 1. The summed E-state index contributed by atoms with van der Waals surface area (Å²) >= 11 is 0. The SMILES string of the molecule is CCc1ccc(CN(C)C(=O)c2cc(C(=O)OC)cc([N+](=O)[O-])c2)cc1. The van der Waals surface area contributed by atoms with E-state index in [1.807, 2.05) is 24.3 Å². The molecule has 1 amide bonds. The molecule has 0 saturated heterocycles. The summed E-state index contributed by atoms with van der Waals surface area (Å²) in [5, 5.41) is 11.1. The van der Waals surface area contributed by atoms with Crippen molar-refractivity contribution in [1.82, 2.24) is 4.90 Å². The van der Waals surface area contributed by atoms with E-state index in [9.17, 15) is 19.7 Å². The van der Waals surface area contributed by atoms with Crippen LogP contribution in [0.25, 0.3) is 0 Å². The van der Waals surface area contributed by atoms with Gasteiger partial charge in [0.2, 0.25) is 0 Å². The van der Waals surface area contributed by atoms with Crippen LogP contribution in [0.1, 0.15) is 38.8 Å². The Labute approximate surface area is 151 Å². The average molecular weight is 356 g/mol. The molecule has 0 heterocycles.